The highest BCUT2D eigenvalue weighted by atomic mass is 35.5. The van der Waals surface area contributed by atoms with Crippen molar-refractivity contribution in [1.29, 1.82) is 0 Å². The van der Waals surface area contributed by atoms with Crippen LogP contribution in [0.3, 0.4) is 0 Å². The van der Waals surface area contributed by atoms with Gasteiger partial charge in [0.15, 0.2) is 0 Å². The predicted octanol–water partition coefficient (Wildman–Crippen LogP) is 3.89. The van der Waals surface area contributed by atoms with Crippen LogP contribution in [0.25, 0.3) is 11.5 Å². The van der Waals surface area contributed by atoms with E-state index in [0.29, 0.717) is 23.2 Å². The van der Waals surface area contributed by atoms with Crippen molar-refractivity contribution in [2.45, 2.75) is 32.9 Å². The lowest BCUT2D eigenvalue weighted by Gasteiger charge is -2.19. The molecule has 1 N–H and O–H groups in total. The minimum absolute atomic E-state index is 0.0388. The number of ether oxygens (including phenoxy) is 1. The minimum atomic E-state index is 0.0388. The average Bonchev–Trinajstić information content (AvgIpc) is 2.84. The van der Waals surface area contributed by atoms with Gasteiger partial charge in [-0.1, -0.05) is 11.6 Å². The van der Waals surface area contributed by atoms with Crippen LogP contribution in [0.15, 0.2) is 28.9 Å². The van der Waals surface area contributed by atoms with E-state index in [0.717, 1.165) is 11.3 Å². The van der Waals surface area contributed by atoms with Gasteiger partial charge in [-0.2, -0.15) is 0 Å². The van der Waals surface area contributed by atoms with Crippen LogP contribution in [0.4, 0.5) is 0 Å². The molecule has 0 saturated heterocycles. The summed E-state index contributed by atoms with van der Waals surface area (Å²) in [7, 11) is 1.60. The van der Waals surface area contributed by atoms with Gasteiger partial charge in [0.2, 0.25) is 5.89 Å². The minimum Gasteiger partial charge on any atom is -0.496 e. The summed E-state index contributed by atoms with van der Waals surface area (Å²) >= 11 is 5.95. The Labute approximate surface area is 124 Å². The Morgan fingerprint density at radius 2 is 2.10 bits per heavy atom. The fraction of sp³-hybridized carbons (Fsp3) is 0.400. The number of hydrogen-bond acceptors (Lipinski definition) is 4. The van der Waals surface area contributed by atoms with E-state index in [-0.39, 0.29) is 5.54 Å². The summed E-state index contributed by atoms with van der Waals surface area (Å²) in [5.74, 6) is 1.18. The first kappa shape index (κ1) is 14.9. The quantitative estimate of drug-likeness (QED) is 0.929. The number of rotatable bonds is 4. The first-order chi connectivity index (χ1) is 9.39. The van der Waals surface area contributed by atoms with Gasteiger partial charge in [-0.3, -0.25) is 0 Å². The fourth-order valence-corrected chi connectivity index (χ4v) is 1.87. The second-order valence-corrected chi connectivity index (χ2v) is 6.03. The highest BCUT2D eigenvalue weighted by Gasteiger charge is 2.14. The predicted molar refractivity (Wildman–Crippen MR) is 80.1 cm³/mol. The number of nitrogens with zero attached hydrogens (tertiary/aromatic N) is 1. The van der Waals surface area contributed by atoms with E-state index in [1.807, 2.05) is 6.07 Å². The van der Waals surface area contributed by atoms with Crippen molar-refractivity contribution in [3.63, 3.8) is 0 Å². The molecule has 0 bridgehead atoms. The van der Waals surface area contributed by atoms with E-state index >= 15 is 0 Å². The molecule has 0 fully saturated rings. The molecule has 2 aromatic rings. The Morgan fingerprint density at radius 1 is 1.35 bits per heavy atom. The summed E-state index contributed by atoms with van der Waals surface area (Å²) in [6.07, 6.45) is 1.65. The van der Waals surface area contributed by atoms with Gasteiger partial charge >= 0.3 is 0 Å². The summed E-state index contributed by atoms with van der Waals surface area (Å²) in [5, 5.41) is 3.98. The molecule has 1 aromatic heterocycles. The number of nitrogens with one attached hydrogen (secondary N) is 1. The molecule has 2 rings (SSSR count). The molecule has 0 amide bonds. The number of methoxy groups -OCH3 is 1. The summed E-state index contributed by atoms with van der Waals surface area (Å²) in [5.41, 5.74) is 1.68. The van der Waals surface area contributed by atoms with Gasteiger partial charge < -0.3 is 14.5 Å². The Kier molecular flexibility index (Phi) is 4.35. The molecule has 0 aliphatic carbocycles. The summed E-state index contributed by atoms with van der Waals surface area (Å²) in [6.45, 7) is 6.98. The monoisotopic (exact) mass is 294 g/mol. The third-order valence-electron chi connectivity index (χ3n) is 2.75. The first-order valence-corrected chi connectivity index (χ1v) is 6.80. The summed E-state index contributed by atoms with van der Waals surface area (Å²) < 4.78 is 10.8. The Balaban J connectivity index is 2.20. The fourth-order valence-electron chi connectivity index (χ4n) is 1.71. The van der Waals surface area contributed by atoms with E-state index in [1.54, 1.807) is 25.5 Å². The van der Waals surface area contributed by atoms with Crippen LogP contribution in [0.5, 0.6) is 5.75 Å². The zero-order chi connectivity index (χ0) is 14.8. The maximum absolute atomic E-state index is 5.95. The largest absolute Gasteiger partial charge is 0.496 e. The van der Waals surface area contributed by atoms with Gasteiger partial charge in [0.25, 0.3) is 0 Å². The maximum atomic E-state index is 5.95. The van der Waals surface area contributed by atoms with Crippen molar-refractivity contribution in [1.82, 2.24) is 10.3 Å². The Bertz CT molecular complexity index is 588. The molecule has 0 aliphatic heterocycles. The smallest absolute Gasteiger partial charge is 0.229 e. The Hall–Kier alpha value is -1.52. The lowest BCUT2D eigenvalue weighted by molar-refractivity contribution is 0.414. The second-order valence-electron chi connectivity index (χ2n) is 5.59. The maximum Gasteiger partial charge on any atom is 0.229 e. The van der Waals surface area contributed by atoms with E-state index in [1.165, 1.54) is 0 Å². The third kappa shape index (κ3) is 3.74. The molecule has 5 heteroatoms. The molecule has 0 radical (unpaired) electrons. The van der Waals surface area contributed by atoms with E-state index in [4.69, 9.17) is 20.8 Å². The highest BCUT2D eigenvalue weighted by molar-refractivity contribution is 6.30. The molecular weight excluding hydrogens is 276 g/mol. The number of halogens is 1. The molecule has 0 unspecified atom stereocenters. The van der Waals surface area contributed by atoms with E-state index < -0.39 is 0 Å². The zero-order valence-electron chi connectivity index (χ0n) is 12.2. The van der Waals surface area contributed by atoms with Crippen LogP contribution in [0.1, 0.15) is 26.5 Å². The Morgan fingerprint density at radius 3 is 2.75 bits per heavy atom. The molecule has 0 atom stereocenters. The SMILES string of the molecule is COc1cc(Cl)ccc1-c1nc(CNC(C)(C)C)co1. The van der Waals surface area contributed by atoms with Crippen LogP contribution in [-0.2, 0) is 6.54 Å². The molecule has 108 valence electrons. The van der Waals surface area contributed by atoms with Gasteiger partial charge in [0, 0.05) is 17.1 Å². The molecule has 0 spiro atoms. The van der Waals surface area contributed by atoms with Gasteiger partial charge in [-0.15, -0.1) is 0 Å². The highest BCUT2D eigenvalue weighted by Crippen LogP contribution is 2.31. The molecule has 1 aromatic carbocycles. The average molecular weight is 295 g/mol. The molecule has 1 heterocycles. The van der Waals surface area contributed by atoms with Crippen LogP contribution in [0.2, 0.25) is 5.02 Å². The van der Waals surface area contributed by atoms with Crippen molar-refractivity contribution in [2.24, 2.45) is 0 Å². The van der Waals surface area contributed by atoms with Crippen LogP contribution in [-0.4, -0.2) is 17.6 Å². The van der Waals surface area contributed by atoms with Crippen molar-refractivity contribution in [3.05, 3.63) is 35.2 Å². The van der Waals surface area contributed by atoms with Crippen molar-refractivity contribution in [3.8, 4) is 17.2 Å². The molecule has 0 saturated carbocycles. The molecular formula is C15H19ClN2O2. The molecule has 20 heavy (non-hydrogen) atoms. The first-order valence-electron chi connectivity index (χ1n) is 6.42. The third-order valence-corrected chi connectivity index (χ3v) is 2.98. The normalized spacial score (nSPS) is 11.7. The summed E-state index contributed by atoms with van der Waals surface area (Å²) in [4.78, 5) is 4.47. The number of aromatic nitrogens is 1. The standard InChI is InChI=1S/C15H19ClN2O2/c1-15(2,3)17-8-11-9-20-14(18-11)12-6-5-10(16)7-13(12)19-4/h5-7,9,17H,8H2,1-4H3. The van der Waals surface area contributed by atoms with Gasteiger partial charge in [0.05, 0.1) is 18.4 Å². The summed E-state index contributed by atoms with van der Waals surface area (Å²) in [6, 6.07) is 5.37. The van der Waals surface area contributed by atoms with E-state index in [9.17, 15) is 0 Å². The zero-order valence-corrected chi connectivity index (χ0v) is 12.9. The second kappa shape index (κ2) is 5.85. The molecule has 4 nitrogen and oxygen atoms in total. The van der Waals surface area contributed by atoms with Crippen molar-refractivity contribution >= 4 is 11.6 Å². The topological polar surface area (TPSA) is 47.3 Å². The van der Waals surface area contributed by atoms with Gasteiger partial charge in [-0.25, -0.2) is 4.98 Å². The lowest BCUT2D eigenvalue weighted by Crippen LogP contribution is -2.35. The van der Waals surface area contributed by atoms with Crippen LogP contribution < -0.4 is 10.1 Å². The lowest BCUT2D eigenvalue weighted by atomic mass is 10.1. The van der Waals surface area contributed by atoms with Gasteiger partial charge in [-0.05, 0) is 39.0 Å². The van der Waals surface area contributed by atoms with Crippen molar-refractivity contribution in [2.75, 3.05) is 7.11 Å². The van der Waals surface area contributed by atoms with Crippen molar-refractivity contribution < 1.29 is 9.15 Å². The van der Waals surface area contributed by atoms with E-state index in [2.05, 4.69) is 31.1 Å². The number of benzene rings is 1. The van der Waals surface area contributed by atoms with Crippen LogP contribution >= 0.6 is 11.6 Å². The van der Waals surface area contributed by atoms with Crippen LogP contribution in [0, 0.1) is 0 Å². The molecule has 0 aliphatic rings. The number of hydrogen-bond donors (Lipinski definition) is 1. The number of oxazole rings is 1. The van der Waals surface area contributed by atoms with Gasteiger partial charge in [0.1, 0.15) is 12.0 Å².